The number of rotatable bonds is 5. The van der Waals surface area contributed by atoms with E-state index in [4.69, 9.17) is 0 Å². The lowest BCUT2D eigenvalue weighted by Crippen LogP contribution is -2.65. The van der Waals surface area contributed by atoms with Gasteiger partial charge in [0.15, 0.2) is 0 Å². The van der Waals surface area contributed by atoms with E-state index >= 15 is 0 Å². The van der Waals surface area contributed by atoms with Crippen LogP contribution in [0.1, 0.15) is 51.6 Å². The third-order valence-electron chi connectivity index (χ3n) is 4.28. The Labute approximate surface area is 129 Å². The molecule has 1 saturated heterocycles. The molecule has 21 heavy (non-hydrogen) atoms. The highest BCUT2D eigenvalue weighted by molar-refractivity contribution is 7.09. The fraction of sp³-hybridized carbons (Fsp3) is 0.667. The summed E-state index contributed by atoms with van der Waals surface area (Å²) in [7, 11) is 0. The van der Waals surface area contributed by atoms with E-state index in [2.05, 4.69) is 10.3 Å². The van der Waals surface area contributed by atoms with Crippen LogP contribution in [0.5, 0.6) is 0 Å². The molecule has 0 spiro atoms. The number of carbonyl (C=O) groups excluding carboxylic acids is 2. The maximum absolute atomic E-state index is 12.9. The SMILES string of the molecule is CCC(C)C1NC(=O)C(CC)N(C(C)c2nccs2)C1=O. The van der Waals surface area contributed by atoms with E-state index in [0.29, 0.717) is 6.42 Å². The summed E-state index contributed by atoms with van der Waals surface area (Å²) in [6.07, 6.45) is 3.20. The number of hydrogen-bond acceptors (Lipinski definition) is 4. The van der Waals surface area contributed by atoms with E-state index in [1.54, 1.807) is 11.1 Å². The van der Waals surface area contributed by atoms with E-state index in [1.165, 1.54) is 11.3 Å². The lowest BCUT2D eigenvalue weighted by atomic mass is 9.92. The molecule has 2 rings (SSSR count). The number of aromatic nitrogens is 1. The molecule has 6 heteroatoms. The van der Waals surface area contributed by atoms with E-state index < -0.39 is 12.1 Å². The highest BCUT2D eigenvalue weighted by atomic mass is 32.1. The van der Waals surface area contributed by atoms with Gasteiger partial charge in [-0.1, -0.05) is 27.2 Å². The number of hydrogen-bond donors (Lipinski definition) is 1. The molecule has 1 N–H and O–H groups in total. The van der Waals surface area contributed by atoms with Crippen LogP contribution >= 0.6 is 11.3 Å². The van der Waals surface area contributed by atoms with Crippen LogP contribution in [-0.4, -0.2) is 33.8 Å². The molecule has 0 aromatic carbocycles. The van der Waals surface area contributed by atoms with E-state index in [9.17, 15) is 9.59 Å². The Morgan fingerprint density at radius 3 is 2.62 bits per heavy atom. The van der Waals surface area contributed by atoms with Gasteiger partial charge in [0.25, 0.3) is 0 Å². The van der Waals surface area contributed by atoms with Crippen LogP contribution in [0.3, 0.4) is 0 Å². The minimum atomic E-state index is -0.423. The summed E-state index contributed by atoms with van der Waals surface area (Å²) in [5, 5.41) is 5.67. The van der Waals surface area contributed by atoms with Gasteiger partial charge in [0, 0.05) is 11.6 Å². The van der Waals surface area contributed by atoms with Gasteiger partial charge in [-0.25, -0.2) is 4.98 Å². The number of nitrogens with one attached hydrogen (secondary N) is 1. The normalized spacial score (nSPS) is 25.6. The van der Waals surface area contributed by atoms with E-state index in [-0.39, 0.29) is 23.8 Å². The lowest BCUT2D eigenvalue weighted by Gasteiger charge is -2.43. The van der Waals surface area contributed by atoms with Gasteiger partial charge >= 0.3 is 0 Å². The molecule has 1 aromatic rings. The molecule has 116 valence electrons. The third kappa shape index (κ3) is 2.95. The summed E-state index contributed by atoms with van der Waals surface area (Å²) >= 11 is 1.52. The van der Waals surface area contributed by atoms with Crippen molar-refractivity contribution in [3.63, 3.8) is 0 Å². The molecule has 2 amide bonds. The quantitative estimate of drug-likeness (QED) is 0.908. The zero-order chi connectivity index (χ0) is 15.6. The molecule has 4 unspecified atom stereocenters. The van der Waals surface area contributed by atoms with Crippen molar-refractivity contribution in [2.24, 2.45) is 5.92 Å². The van der Waals surface area contributed by atoms with Gasteiger partial charge < -0.3 is 10.2 Å². The Morgan fingerprint density at radius 1 is 1.38 bits per heavy atom. The molecule has 0 aliphatic carbocycles. The minimum absolute atomic E-state index is 0.0125. The lowest BCUT2D eigenvalue weighted by molar-refractivity contribution is -0.153. The fourth-order valence-corrected chi connectivity index (χ4v) is 3.47. The van der Waals surface area contributed by atoms with Crippen LogP contribution < -0.4 is 5.32 Å². The first-order chi connectivity index (χ1) is 10.0. The molecule has 5 nitrogen and oxygen atoms in total. The van der Waals surface area contributed by atoms with Gasteiger partial charge in [0.05, 0.1) is 6.04 Å². The van der Waals surface area contributed by atoms with E-state index in [0.717, 1.165) is 11.4 Å². The number of piperazine rings is 1. The van der Waals surface area contributed by atoms with Crippen LogP contribution in [-0.2, 0) is 9.59 Å². The molecule has 1 fully saturated rings. The Bertz CT molecular complexity index is 503. The number of thiazole rings is 1. The molecule has 1 aliphatic heterocycles. The fourth-order valence-electron chi connectivity index (χ4n) is 2.78. The molecule has 0 saturated carbocycles. The van der Waals surface area contributed by atoms with Crippen molar-refractivity contribution in [3.05, 3.63) is 16.6 Å². The van der Waals surface area contributed by atoms with E-state index in [1.807, 2.05) is 33.1 Å². The summed E-state index contributed by atoms with van der Waals surface area (Å²) in [5.74, 6) is 0.0922. The number of nitrogens with zero attached hydrogens (tertiary/aromatic N) is 2. The molecule has 1 aromatic heterocycles. The minimum Gasteiger partial charge on any atom is -0.342 e. The highest BCUT2D eigenvalue weighted by Gasteiger charge is 2.44. The maximum atomic E-state index is 12.9. The molecule has 4 atom stereocenters. The Morgan fingerprint density at radius 2 is 2.10 bits per heavy atom. The first kappa shape index (κ1) is 15.9. The van der Waals surface area contributed by atoms with Crippen molar-refractivity contribution < 1.29 is 9.59 Å². The van der Waals surface area contributed by atoms with Crippen molar-refractivity contribution in [1.29, 1.82) is 0 Å². The van der Waals surface area contributed by atoms with Crippen molar-refractivity contribution in [2.45, 2.75) is 58.7 Å². The van der Waals surface area contributed by atoms with Crippen molar-refractivity contribution in [2.75, 3.05) is 0 Å². The summed E-state index contributed by atoms with van der Waals surface area (Å²) < 4.78 is 0. The summed E-state index contributed by atoms with van der Waals surface area (Å²) in [6, 6.07) is -0.996. The Balaban J connectivity index is 2.33. The monoisotopic (exact) mass is 309 g/mol. The molecule has 0 radical (unpaired) electrons. The van der Waals surface area contributed by atoms with Crippen LogP contribution in [0.4, 0.5) is 0 Å². The average Bonchev–Trinajstić information content (AvgIpc) is 3.01. The Hall–Kier alpha value is -1.43. The Kier molecular flexibility index (Phi) is 4.98. The largest absolute Gasteiger partial charge is 0.342 e. The second-order valence-electron chi connectivity index (χ2n) is 5.59. The topological polar surface area (TPSA) is 62.3 Å². The number of amides is 2. The summed E-state index contributed by atoms with van der Waals surface area (Å²) in [5.41, 5.74) is 0. The van der Waals surface area contributed by atoms with Gasteiger partial charge in [0.2, 0.25) is 11.8 Å². The van der Waals surface area contributed by atoms with Crippen molar-refractivity contribution in [3.8, 4) is 0 Å². The molecular formula is C15H23N3O2S. The van der Waals surface area contributed by atoms with Crippen molar-refractivity contribution in [1.82, 2.24) is 15.2 Å². The number of carbonyl (C=O) groups is 2. The van der Waals surface area contributed by atoms with Crippen molar-refractivity contribution >= 4 is 23.2 Å². The van der Waals surface area contributed by atoms with Gasteiger partial charge in [-0.05, 0) is 19.3 Å². The predicted octanol–water partition coefficient (Wildman–Crippen LogP) is 2.36. The predicted molar refractivity (Wildman–Crippen MR) is 82.8 cm³/mol. The zero-order valence-electron chi connectivity index (χ0n) is 13.0. The molecule has 0 bridgehead atoms. The summed E-state index contributed by atoms with van der Waals surface area (Å²) in [6.45, 7) is 7.92. The van der Waals surface area contributed by atoms with Gasteiger partial charge in [0.1, 0.15) is 17.1 Å². The molecule has 1 aliphatic rings. The smallest absolute Gasteiger partial charge is 0.246 e. The average molecular weight is 309 g/mol. The summed E-state index contributed by atoms with van der Waals surface area (Å²) in [4.78, 5) is 31.3. The third-order valence-corrected chi connectivity index (χ3v) is 5.23. The van der Waals surface area contributed by atoms with Crippen LogP contribution in [0, 0.1) is 5.92 Å². The highest BCUT2D eigenvalue weighted by Crippen LogP contribution is 2.30. The first-order valence-electron chi connectivity index (χ1n) is 7.53. The van der Waals surface area contributed by atoms with Gasteiger partial charge in [-0.3, -0.25) is 9.59 Å². The second-order valence-corrected chi connectivity index (χ2v) is 6.51. The zero-order valence-corrected chi connectivity index (χ0v) is 13.8. The standard InChI is InChI=1S/C15H23N3O2S/c1-5-9(3)12-15(20)18(11(6-2)13(19)17-12)10(4)14-16-7-8-21-14/h7-12H,5-6H2,1-4H3,(H,17,19). The van der Waals surface area contributed by atoms with Gasteiger partial charge in [-0.15, -0.1) is 11.3 Å². The van der Waals surface area contributed by atoms with Gasteiger partial charge in [-0.2, -0.15) is 0 Å². The van der Waals surface area contributed by atoms with Crippen LogP contribution in [0.25, 0.3) is 0 Å². The second kappa shape index (κ2) is 6.56. The molecular weight excluding hydrogens is 286 g/mol. The van der Waals surface area contributed by atoms with Crippen LogP contribution in [0.2, 0.25) is 0 Å². The first-order valence-corrected chi connectivity index (χ1v) is 8.41. The van der Waals surface area contributed by atoms with Crippen LogP contribution in [0.15, 0.2) is 11.6 Å². The molecule has 2 heterocycles. The maximum Gasteiger partial charge on any atom is 0.246 e.